The number of ether oxygens (including phenoxy) is 1. The van der Waals surface area contributed by atoms with E-state index in [0.29, 0.717) is 12.0 Å². The molecule has 2 unspecified atom stereocenters. The van der Waals surface area contributed by atoms with Crippen molar-refractivity contribution in [3.63, 3.8) is 0 Å². The summed E-state index contributed by atoms with van der Waals surface area (Å²) in [6.45, 7) is 5.17. The highest BCUT2D eigenvalue weighted by molar-refractivity contribution is 7.11. The fraction of sp³-hybridized carbons (Fsp3) is 0.800. The van der Waals surface area contributed by atoms with Crippen molar-refractivity contribution >= 4 is 11.3 Å². The molecular weight excluding hydrogens is 256 g/mol. The Balaban J connectivity index is 1.80. The number of hydrogen-bond acceptors (Lipinski definition) is 4. The molecule has 0 radical (unpaired) electrons. The highest BCUT2D eigenvalue weighted by atomic mass is 32.1. The maximum atomic E-state index is 6.06. The second-order valence-corrected chi connectivity index (χ2v) is 7.32. The molecule has 2 heterocycles. The minimum atomic E-state index is 0.228. The Bertz CT molecular complexity index is 453. The molecule has 4 heteroatoms. The first-order valence-electron chi connectivity index (χ1n) is 7.39. The third kappa shape index (κ3) is 2.46. The van der Waals surface area contributed by atoms with Crippen molar-refractivity contribution in [2.75, 3.05) is 13.7 Å². The van der Waals surface area contributed by atoms with Crippen molar-refractivity contribution in [3.8, 4) is 0 Å². The van der Waals surface area contributed by atoms with E-state index in [1.54, 1.807) is 0 Å². The topological polar surface area (TPSA) is 34.2 Å². The summed E-state index contributed by atoms with van der Waals surface area (Å²) in [7, 11) is 2.09. The molecule has 1 N–H and O–H groups in total. The molecule has 0 aromatic carbocycles. The molecule has 1 spiro atoms. The van der Waals surface area contributed by atoms with Gasteiger partial charge in [-0.2, -0.15) is 0 Å². The number of aryl methyl sites for hydroxylation is 2. The Hall–Kier alpha value is -0.450. The van der Waals surface area contributed by atoms with Crippen LogP contribution in [0.25, 0.3) is 0 Å². The molecule has 0 bridgehead atoms. The molecular formula is C15H24N2OS. The summed E-state index contributed by atoms with van der Waals surface area (Å²) < 4.78 is 6.06. The standard InChI is InChI=1S/C15H24N2OS/c1-10-14(19-11(2)17-10)13(16-3)12-5-8-18-15(9-12)6-4-7-15/h12-13,16H,4-9H2,1-3H3. The number of aromatic nitrogens is 1. The van der Waals surface area contributed by atoms with Gasteiger partial charge >= 0.3 is 0 Å². The zero-order chi connectivity index (χ0) is 13.5. The van der Waals surface area contributed by atoms with Crippen LogP contribution in [0.15, 0.2) is 0 Å². The van der Waals surface area contributed by atoms with Crippen molar-refractivity contribution < 1.29 is 4.74 Å². The van der Waals surface area contributed by atoms with Crippen LogP contribution in [0.2, 0.25) is 0 Å². The number of thiazole rings is 1. The normalized spacial score (nSPS) is 27.2. The van der Waals surface area contributed by atoms with Gasteiger partial charge in [0.2, 0.25) is 0 Å². The molecule has 19 heavy (non-hydrogen) atoms. The van der Waals surface area contributed by atoms with Gasteiger partial charge in [-0.15, -0.1) is 11.3 Å². The second kappa shape index (κ2) is 5.15. The zero-order valence-electron chi connectivity index (χ0n) is 12.2. The fourth-order valence-corrected chi connectivity index (χ4v) is 4.82. The van der Waals surface area contributed by atoms with Gasteiger partial charge in [-0.25, -0.2) is 4.98 Å². The average molecular weight is 280 g/mol. The molecule has 1 aromatic heterocycles. The monoisotopic (exact) mass is 280 g/mol. The van der Waals surface area contributed by atoms with E-state index in [4.69, 9.17) is 4.74 Å². The first kappa shape index (κ1) is 13.5. The van der Waals surface area contributed by atoms with Crippen molar-refractivity contribution in [1.82, 2.24) is 10.3 Å². The lowest BCUT2D eigenvalue weighted by Crippen LogP contribution is -2.47. The molecule has 1 saturated carbocycles. The molecule has 2 fully saturated rings. The number of nitrogens with zero attached hydrogens (tertiary/aromatic N) is 1. The molecule has 0 amide bonds. The van der Waals surface area contributed by atoms with E-state index in [2.05, 4.69) is 31.2 Å². The van der Waals surface area contributed by atoms with Gasteiger partial charge in [-0.1, -0.05) is 0 Å². The Morgan fingerprint density at radius 2 is 2.21 bits per heavy atom. The summed E-state index contributed by atoms with van der Waals surface area (Å²) in [5.74, 6) is 0.692. The highest BCUT2D eigenvalue weighted by Crippen LogP contribution is 2.47. The lowest BCUT2D eigenvalue weighted by atomic mass is 9.70. The molecule has 1 aliphatic heterocycles. The van der Waals surface area contributed by atoms with E-state index >= 15 is 0 Å². The van der Waals surface area contributed by atoms with Crippen molar-refractivity contribution in [3.05, 3.63) is 15.6 Å². The van der Waals surface area contributed by atoms with Gasteiger partial charge in [0.15, 0.2) is 0 Å². The molecule has 1 aliphatic carbocycles. The molecule has 106 valence electrons. The summed E-state index contributed by atoms with van der Waals surface area (Å²) in [6.07, 6.45) is 6.26. The van der Waals surface area contributed by atoms with Crippen LogP contribution >= 0.6 is 11.3 Å². The van der Waals surface area contributed by atoms with Gasteiger partial charge in [0.1, 0.15) is 0 Å². The van der Waals surface area contributed by atoms with E-state index in [9.17, 15) is 0 Å². The Labute approximate surface area is 119 Å². The largest absolute Gasteiger partial charge is 0.375 e. The fourth-order valence-electron chi connectivity index (χ4n) is 3.69. The zero-order valence-corrected chi connectivity index (χ0v) is 13.0. The summed E-state index contributed by atoms with van der Waals surface area (Å²) >= 11 is 1.85. The SMILES string of the molecule is CNC(c1sc(C)nc1C)C1CCOC2(CCC2)C1. The maximum absolute atomic E-state index is 6.06. The summed E-state index contributed by atoms with van der Waals surface area (Å²) in [5.41, 5.74) is 1.43. The molecule has 3 rings (SSSR count). The smallest absolute Gasteiger partial charge is 0.0900 e. The van der Waals surface area contributed by atoms with Crippen LogP contribution in [-0.4, -0.2) is 24.2 Å². The van der Waals surface area contributed by atoms with E-state index < -0.39 is 0 Å². The minimum Gasteiger partial charge on any atom is -0.375 e. The van der Waals surface area contributed by atoms with Crippen LogP contribution in [-0.2, 0) is 4.74 Å². The lowest BCUT2D eigenvalue weighted by molar-refractivity contribution is -0.147. The molecule has 1 saturated heterocycles. The Morgan fingerprint density at radius 3 is 2.74 bits per heavy atom. The van der Waals surface area contributed by atoms with Crippen LogP contribution in [0.3, 0.4) is 0 Å². The molecule has 2 aliphatic rings. The van der Waals surface area contributed by atoms with Gasteiger partial charge in [0, 0.05) is 17.5 Å². The van der Waals surface area contributed by atoms with Crippen LogP contribution < -0.4 is 5.32 Å². The van der Waals surface area contributed by atoms with Crippen LogP contribution in [0, 0.1) is 19.8 Å². The van der Waals surface area contributed by atoms with Crippen molar-refractivity contribution in [1.29, 1.82) is 0 Å². The van der Waals surface area contributed by atoms with Gasteiger partial charge in [0.05, 0.1) is 16.3 Å². The number of nitrogens with one attached hydrogen (secondary N) is 1. The summed E-state index contributed by atoms with van der Waals surface area (Å²) in [6, 6.07) is 0.451. The van der Waals surface area contributed by atoms with E-state index in [-0.39, 0.29) is 5.60 Å². The second-order valence-electron chi connectivity index (χ2n) is 6.09. The lowest BCUT2D eigenvalue weighted by Gasteiger charge is -2.48. The molecule has 3 nitrogen and oxygen atoms in total. The Morgan fingerprint density at radius 1 is 1.42 bits per heavy atom. The Kier molecular flexibility index (Phi) is 3.67. The summed E-state index contributed by atoms with van der Waals surface area (Å²) in [5, 5.41) is 4.72. The minimum absolute atomic E-state index is 0.228. The quantitative estimate of drug-likeness (QED) is 0.922. The van der Waals surface area contributed by atoms with Crippen LogP contribution in [0.1, 0.15) is 53.7 Å². The molecule has 2 atom stereocenters. The highest BCUT2D eigenvalue weighted by Gasteiger charge is 2.44. The first-order valence-corrected chi connectivity index (χ1v) is 8.20. The van der Waals surface area contributed by atoms with Gasteiger partial charge in [-0.3, -0.25) is 0 Å². The van der Waals surface area contributed by atoms with Crippen molar-refractivity contribution in [2.24, 2.45) is 5.92 Å². The number of rotatable bonds is 3. The van der Waals surface area contributed by atoms with Crippen molar-refractivity contribution in [2.45, 2.75) is 57.6 Å². The molecule has 1 aromatic rings. The van der Waals surface area contributed by atoms with E-state index in [1.165, 1.54) is 47.7 Å². The van der Waals surface area contributed by atoms with Gasteiger partial charge < -0.3 is 10.1 Å². The third-order valence-corrected chi connectivity index (χ3v) is 5.96. The van der Waals surface area contributed by atoms with Gasteiger partial charge in [0.25, 0.3) is 0 Å². The van der Waals surface area contributed by atoms with E-state index in [0.717, 1.165) is 6.61 Å². The predicted molar refractivity (Wildman–Crippen MR) is 78.6 cm³/mol. The first-order chi connectivity index (χ1) is 9.13. The average Bonchev–Trinajstić information content (AvgIpc) is 2.68. The van der Waals surface area contributed by atoms with Crippen LogP contribution in [0.5, 0.6) is 0 Å². The third-order valence-electron chi connectivity index (χ3n) is 4.80. The maximum Gasteiger partial charge on any atom is 0.0900 e. The van der Waals surface area contributed by atoms with Crippen LogP contribution in [0.4, 0.5) is 0 Å². The summed E-state index contributed by atoms with van der Waals surface area (Å²) in [4.78, 5) is 6.02. The van der Waals surface area contributed by atoms with E-state index in [1.807, 2.05) is 11.3 Å². The predicted octanol–water partition coefficient (Wildman–Crippen LogP) is 3.37. The van der Waals surface area contributed by atoms with Gasteiger partial charge in [-0.05, 0) is 58.9 Å². The number of hydrogen-bond donors (Lipinski definition) is 1.